The van der Waals surface area contributed by atoms with Crippen LogP contribution in [0.2, 0.25) is 0 Å². The molecule has 0 N–H and O–H groups in total. The molecule has 1 rings (SSSR count). The summed E-state index contributed by atoms with van der Waals surface area (Å²) in [6.07, 6.45) is 3.01. The van der Waals surface area contributed by atoms with Crippen molar-refractivity contribution in [3.8, 4) is 0 Å². The van der Waals surface area contributed by atoms with Gasteiger partial charge in [-0.25, -0.2) is 4.39 Å². The summed E-state index contributed by atoms with van der Waals surface area (Å²) in [6.45, 7) is 1.54. The fourth-order valence-electron chi connectivity index (χ4n) is 0.633. The molecule has 0 unspecified atom stereocenters. The molecule has 0 saturated heterocycles. The average Bonchev–Trinajstić information content (AvgIpc) is 1.95. The molecule has 2 nitrogen and oxygen atoms in total. The van der Waals surface area contributed by atoms with Gasteiger partial charge in [0, 0.05) is 11.8 Å². The molecule has 1 aromatic rings. The monoisotopic (exact) mass is 139 g/mol. The molecular formula is C7H6FNO. The molecule has 1 heterocycles. The first-order valence-corrected chi connectivity index (χ1v) is 2.81. The Morgan fingerprint density at radius 2 is 2.30 bits per heavy atom. The second-order valence-corrected chi connectivity index (χ2v) is 1.95. The fraction of sp³-hybridized carbons (Fsp3) is 0.143. The molecular weight excluding hydrogens is 133 g/mol. The number of pyridine rings is 1. The second kappa shape index (κ2) is 2.56. The number of carbonyl (C=O) groups is 1. The van der Waals surface area contributed by atoms with Crippen molar-refractivity contribution < 1.29 is 9.18 Å². The maximum absolute atomic E-state index is 12.5. The number of hydrogen-bond acceptors (Lipinski definition) is 2. The highest BCUT2D eigenvalue weighted by atomic mass is 19.1. The van der Waals surface area contributed by atoms with Gasteiger partial charge < -0.3 is 0 Å². The summed E-state index contributed by atoms with van der Waals surface area (Å²) in [5, 5.41) is 0. The minimum atomic E-state index is -0.440. The highest BCUT2D eigenvalue weighted by molar-refractivity contribution is 5.76. The van der Waals surface area contributed by atoms with Crippen molar-refractivity contribution in [2.24, 2.45) is 0 Å². The Morgan fingerprint density at radius 3 is 2.80 bits per heavy atom. The van der Waals surface area contributed by atoms with Gasteiger partial charge in [0.15, 0.2) is 6.29 Å². The molecule has 0 radical (unpaired) electrons. The Bertz CT molecular complexity index is 260. The van der Waals surface area contributed by atoms with Gasteiger partial charge in [0.25, 0.3) is 0 Å². The Balaban J connectivity index is 3.27. The van der Waals surface area contributed by atoms with Crippen LogP contribution >= 0.6 is 0 Å². The number of aromatic nitrogens is 1. The number of nitrogens with zero attached hydrogens (tertiary/aromatic N) is 1. The Labute approximate surface area is 57.7 Å². The van der Waals surface area contributed by atoms with Crippen LogP contribution in [0.5, 0.6) is 0 Å². The first kappa shape index (κ1) is 6.86. The molecule has 0 fully saturated rings. The Morgan fingerprint density at radius 1 is 1.60 bits per heavy atom. The van der Waals surface area contributed by atoms with E-state index < -0.39 is 5.82 Å². The Kier molecular flexibility index (Phi) is 1.76. The molecule has 0 aliphatic rings. The summed E-state index contributed by atoms with van der Waals surface area (Å²) < 4.78 is 12.5. The number of carbonyl (C=O) groups excluding carboxylic acids is 1. The predicted octanol–water partition coefficient (Wildman–Crippen LogP) is 1.34. The van der Waals surface area contributed by atoms with E-state index in [0.29, 0.717) is 17.4 Å². The zero-order valence-corrected chi connectivity index (χ0v) is 5.47. The van der Waals surface area contributed by atoms with Crippen LogP contribution in [-0.4, -0.2) is 11.3 Å². The van der Waals surface area contributed by atoms with Gasteiger partial charge in [-0.3, -0.25) is 9.78 Å². The topological polar surface area (TPSA) is 30.0 Å². The first-order valence-electron chi connectivity index (χ1n) is 2.81. The summed E-state index contributed by atoms with van der Waals surface area (Å²) in [6, 6.07) is 0. The number of hydrogen-bond donors (Lipinski definition) is 0. The lowest BCUT2D eigenvalue weighted by molar-refractivity contribution is 0.112. The Hall–Kier alpha value is -1.25. The van der Waals surface area contributed by atoms with Crippen LogP contribution in [0.25, 0.3) is 0 Å². The summed E-state index contributed by atoms with van der Waals surface area (Å²) in [7, 11) is 0. The summed E-state index contributed by atoms with van der Waals surface area (Å²) in [5.41, 5.74) is 0.657. The molecule has 0 atom stereocenters. The standard InChI is InChI=1S/C7H6FNO/c1-5-6(4-10)2-9-3-7(5)8/h2-4H,1H3. The van der Waals surface area contributed by atoms with Gasteiger partial charge in [0.1, 0.15) is 5.82 Å². The van der Waals surface area contributed by atoms with Crippen molar-refractivity contribution in [2.45, 2.75) is 6.92 Å². The third-order valence-corrected chi connectivity index (χ3v) is 1.32. The third kappa shape index (κ3) is 1.03. The van der Waals surface area contributed by atoms with Crippen LogP contribution in [0.1, 0.15) is 15.9 Å². The van der Waals surface area contributed by atoms with E-state index >= 15 is 0 Å². The van der Waals surface area contributed by atoms with E-state index in [1.165, 1.54) is 6.20 Å². The molecule has 0 spiro atoms. The molecule has 0 amide bonds. The van der Waals surface area contributed by atoms with E-state index in [9.17, 15) is 9.18 Å². The van der Waals surface area contributed by atoms with Crippen molar-refractivity contribution in [3.05, 3.63) is 29.3 Å². The zero-order valence-electron chi connectivity index (χ0n) is 5.47. The van der Waals surface area contributed by atoms with Crippen molar-refractivity contribution >= 4 is 6.29 Å². The van der Waals surface area contributed by atoms with Gasteiger partial charge in [-0.05, 0) is 12.5 Å². The molecule has 3 heteroatoms. The third-order valence-electron chi connectivity index (χ3n) is 1.32. The SMILES string of the molecule is Cc1c(F)cncc1C=O. The van der Waals surface area contributed by atoms with E-state index in [-0.39, 0.29) is 0 Å². The van der Waals surface area contributed by atoms with E-state index in [0.717, 1.165) is 6.20 Å². The summed E-state index contributed by atoms with van der Waals surface area (Å²) >= 11 is 0. The van der Waals surface area contributed by atoms with Gasteiger partial charge in [0.05, 0.1) is 6.20 Å². The molecule has 0 saturated carbocycles. The van der Waals surface area contributed by atoms with Crippen molar-refractivity contribution in [2.75, 3.05) is 0 Å². The van der Waals surface area contributed by atoms with Crippen LogP contribution in [0.4, 0.5) is 4.39 Å². The van der Waals surface area contributed by atoms with Crippen LogP contribution < -0.4 is 0 Å². The lowest BCUT2D eigenvalue weighted by Gasteiger charge is -1.95. The predicted molar refractivity (Wildman–Crippen MR) is 34.3 cm³/mol. The van der Waals surface area contributed by atoms with E-state index in [1.54, 1.807) is 6.92 Å². The van der Waals surface area contributed by atoms with Crippen molar-refractivity contribution in [1.29, 1.82) is 0 Å². The van der Waals surface area contributed by atoms with Crippen molar-refractivity contribution in [1.82, 2.24) is 4.98 Å². The maximum Gasteiger partial charge on any atom is 0.151 e. The van der Waals surface area contributed by atoms with Crippen LogP contribution in [0.15, 0.2) is 12.4 Å². The highest BCUT2D eigenvalue weighted by Crippen LogP contribution is 2.06. The van der Waals surface area contributed by atoms with Crippen LogP contribution in [0, 0.1) is 12.7 Å². The number of halogens is 1. The number of rotatable bonds is 1. The van der Waals surface area contributed by atoms with E-state index in [2.05, 4.69) is 4.98 Å². The largest absolute Gasteiger partial charge is 0.298 e. The van der Waals surface area contributed by atoms with Crippen LogP contribution in [-0.2, 0) is 0 Å². The van der Waals surface area contributed by atoms with Gasteiger partial charge in [-0.2, -0.15) is 0 Å². The molecule has 1 aromatic heterocycles. The highest BCUT2D eigenvalue weighted by Gasteiger charge is 2.00. The second-order valence-electron chi connectivity index (χ2n) is 1.95. The lowest BCUT2D eigenvalue weighted by Crippen LogP contribution is -1.91. The van der Waals surface area contributed by atoms with Crippen LogP contribution in [0.3, 0.4) is 0 Å². The number of aldehydes is 1. The normalized spacial score (nSPS) is 9.40. The molecule has 10 heavy (non-hydrogen) atoms. The maximum atomic E-state index is 12.5. The van der Waals surface area contributed by atoms with Gasteiger partial charge in [-0.1, -0.05) is 0 Å². The molecule has 52 valence electrons. The lowest BCUT2D eigenvalue weighted by atomic mass is 10.2. The minimum absolute atomic E-state index is 0.306. The molecule has 0 aliphatic heterocycles. The van der Waals surface area contributed by atoms with Crippen molar-refractivity contribution in [3.63, 3.8) is 0 Å². The first-order chi connectivity index (χ1) is 4.75. The molecule has 0 aromatic carbocycles. The van der Waals surface area contributed by atoms with Gasteiger partial charge >= 0.3 is 0 Å². The fourth-order valence-corrected chi connectivity index (χ4v) is 0.633. The smallest absolute Gasteiger partial charge is 0.151 e. The van der Waals surface area contributed by atoms with Gasteiger partial charge in [-0.15, -0.1) is 0 Å². The summed E-state index contributed by atoms with van der Waals surface area (Å²) in [4.78, 5) is 13.7. The average molecular weight is 139 g/mol. The quantitative estimate of drug-likeness (QED) is 0.549. The molecule has 0 bridgehead atoms. The molecule has 0 aliphatic carbocycles. The van der Waals surface area contributed by atoms with E-state index in [4.69, 9.17) is 0 Å². The van der Waals surface area contributed by atoms with Gasteiger partial charge in [0.2, 0.25) is 0 Å². The zero-order chi connectivity index (χ0) is 7.56. The van der Waals surface area contributed by atoms with E-state index in [1.807, 2.05) is 0 Å². The summed E-state index contributed by atoms with van der Waals surface area (Å²) in [5.74, 6) is -0.440. The minimum Gasteiger partial charge on any atom is -0.298 e.